The molecule has 0 bridgehead atoms. The van der Waals surface area contributed by atoms with Gasteiger partial charge in [0.05, 0.1) is 11.3 Å². The number of carbonyl (C=O) groups is 3. The highest BCUT2D eigenvalue weighted by Gasteiger charge is 2.60. The fraction of sp³-hybridized carbons (Fsp3) is 0.286. The third kappa shape index (κ3) is 3.11. The number of halogens is 1. The fourth-order valence-electron chi connectivity index (χ4n) is 3.83. The molecular weight excluding hydrogens is 396 g/mol. The van der Waals surface area contributed by atoms with E-state index < -0.39 is 11.6 Å². The minimum Gasteiger partial charge on any atom is -0.490 e. The van der Waals surface area contributed by atoms with E-state index in [1.165, 1.54) is 16.8 Å². The first-order valence-electron chi connectivity index (χ1n) is 9.21. The molecule has 0 aliphatic carbocycles. The molecule has 0 N–H and O–H groups in total. The quantitative estimate of drug-likeness (QED) is 0.555. The summed E-state index contributed by atoms with van der Waals surface area (Å²) in [5, 5.41) is 0.596. The average Bonchev–Trinajstić information content (AvgIpc) is 3.09. The Morgan fingerprint density at radius 2 is 1.83 bits per heavy atom. The number of benzene rings is 2. The molecule has 2 aromatic rings. The van der Waals surface area contributed by atoms with Crippen LogP contribution in [0.5, 0.6) is 5.75 Å². The summed E-state index contributed by atoms with van der Waals surface area (Å²) in [4.78, 5) is 41.3. The van der Waals surface area contributed by atoms with Crippen LogP contribution in [0, 0.1) is 0 Å². The Kier molecular flexibility index (Phi) is 4.92. The number of para-hydroxylation sites is 1. The highest BCUT2D eigenvalue weighted by atomic mass is 35.5. The Bertz CT molecular complexity index is 977. The van der Waals surface area contributed by atoms with Gasteiger partial charge in [-0.25, -0.2) is 4.79 Å². The third-order valence-electron chi connectivity index (χ3n) is 5.27. The fourth-order valence-corrected chi connectivity index (χ4v) is 3.96. The minimum absolute atomic E-state index is 0.0189. The summed E-state index contributed by atoms with van der Waals surface area (Å²) in [6.07, 6.45) is 0.335. The molecule has 2 aromatic carbocycles. The zero-order chi connectivity index (χ0) is 20.6. The molecule has 1 atom stereocenters. The van der Waals surface area contributed by atoms with Crippen molar-refractivity contribution in [1.29, 1.82) is 0 Å². The highest BCUT2D eigenvalue weighted by molar-refractivity contribution is 6.30. The average molecular weight is 415 g/mol. The molecule has 2 aliphatic heterocycles. The lowest BCUT2D eigenvalue weighted by molar-refractivity contribution is -0.157. The van der Waals surface area contributed by atoms with Gasteiger partial charge in [0.2, 0.25) is 11.6 Å². The second-order valence-electron chi connectivity index (χ2n) is 6.87. The second kappa shape index (κ2) is 7.40. The largest absolute Gasteiger partial charge is 0.490 e. The highest BCUT2D eigenvalue weighted by Crippen LogP contribution is 2.44. The van der Waals surface area contributed by atoms with Crippen molar-refractivity contribution in [1.82, 2.24) is 4.90 Å². The van der Waals surface area contributed by atoms with Gasteiger partial charge in [-0.3, -0.25) is 14.5 Å². The first-order valence-corrected chi connectivity index (χ1v) is 9.59. The SMILES string of the molecule is CN1C(=O)c2ccccc2N2C(=O)CC[C@@]12C(=O)OCCOc1ccc(Cl)cc1. The lowest BCUT2D eigenvalue weighted by atomic mass is 9.97. The van der Waals surface area contributed by atoms with Crippen LogP contribution in [0.3, 0.4) is 0 Å². The van der Waals surface area contributed by atoms with Crippen LogP contribution in [0.4, 0.5) is 5.69 Å². The van der Waals surface area contributed by atoms with Gasteiger partial charge in [0.1, 0.15) is 19.0 Å². The van der Waals surface area contributed by atoms with Crippen molar-refractivity contribution >= 4 is 35.1 Å². The molecule has 1 saturated heterocycles. The molecule has 2 aliphatic rings. The molecule has 29 heavy (non-hydrogen) atoms. The first-order chi connectivity index (χ1) is 13.9. The van der Waals surface area contributed by atoms with Crippen molar-refractivity contribution < 1.29 is 23.9 Å². The minimum atomic E-state index is -1.47. The van der Waals surface area contributed by atoms with Crippen molar-refractivity contribution in [2.75, 3.05) is 25.2 Å². The molecule has 2 heterocycles. The molecule has 0 unspecified atom stereocenters. The van der Waals surface area contributed by atoms with Gasteiger partial charge in [-0.15, -0.1) is 0 Å². The summed E-state index contributed by atoms with van der Waals surface area (Å²) in [7, 11) is 1.52. The Hall–Kier alpha value is -3.06. The van der Waals surface area contributed by atoms with Gasteiger partial charge in [-0.05, 0) is 36.4 Å². The number of hydrogen-bond donors (Lipinski definition) is 0. The van der Waals surface area contributed by atoms with E-state index in [9.17, 15) is 14.4 Å². The maximum Gasteiger partial charge on any atom is 0.353 e. The van der Waals surface area contributed by atoms with E-state index in [2.05, 4.69) is 0 Å². The Morgan fingerprint density at radius 1 is 1.10 bits per heavy atom. The van der Waals surface area contributed by atoms with E-state index in [0.29, 0.717) is 22.0 Å². The normalized spacial score (nSPS) is 20.3. The smallest absolute Gasteiger partial charge is 0.353 e. The zero-order valence-corrected chi connectivity index (χ0v) is 16.5. The summed E-state index contributed by atoms with van der Waals surface area (Å²) in [5.74, 6) is -0.583. The number of anilines is 1. The van der Waals surface area contributed by atoms with Crippen molar-refractivity contribution in [3.05, 3.63) is 59.1 Å². The lowest BCUT2D eigenvalue weighted by Gasteiger charge is -2.46. The summed E-state index contributed by atoms with van der Waals surface area (Å²) in [5.41, 5.74) is -0.643. The number of amides is 2. The third-order valence-corrected chi connectivity index (χ3v) is 5.52. The van der Waals surface area contributed by atoms with Gasteiger partial charge < -0.3 is 14.4 Å². The zero-order valence-electron chi connectivity index (χ0n) is 15.8. The van der Waals surface area contributed by atoms with Crippen molar-refractivity contribution in [3.63, 3.8) is 0 Å². The van der Waals surface area contributed by atoms with E-state index in [1.807, 2.05) is 0 Å². The van der Waals surface area contributed by atoms with Crippen LogP contribution in [0.25, 0.3) is 0 Å². The molecule has 8 heteroatoms. The Morgan fingerprint density at radius 3 is 2.59 bits per heavy atom. The molecule has 1 fully saturated rings. The van der Waals surface area contributed by atoms with Crippen LogP contribution in [0.2, 0.25) is 5.02 Å². The van der Waals surface area contributed by atoms with Gasteiger partial charge in [0, 0.05) is 24.9 Å². The van der Waals surface area contributed by atoms with Crippen LogP contribution in [0.15, 0.2) is 48.5 Å². The predicted octanol–water partition coefficient (Wildman–Crippen LogP) is 2.87. The molecule has 0 saturated carbocycles. The number of esters is 1. The summed E-state index contributed by atoms with van der Waals surface area (Å²) < 4.78 is 11.0. The maximum absolute atomic E-state index is 13.1. The molecule has 0 aromatic heterocycles. The van der Waals surface area contributed by atoms with Crippen LogP contribution < -0.4 is 9.64 Å². The number of carbonyl (C=O) groups excluding carboxylic acids is 3. The number of ether oxygens (including phenoxy) is 2. The van der Waals surface area contributed by atoms with Crippen LogP contribution in [-0.2, 0) is 14.3 Å². The van der Waals surface area contributed by atoms with Crippen molar-refractivity contribution in [3.8, 4) is 5.75 Å². The van der Waals surface area contributed by atoms with Gasteiger partial charge in [0.25, 0.3) is 5.91 Å². The van der Waals surface area contributed by atoms with Gasteiger partial charge >= 0.3 is 5.97 Å². The van der Waals surface area contributed by atoms with Gasteiger partial charge in [-0.1, -0.05) is 23.7 Å². The summed E-state index contributed by atoms with van der Waals surface area (Å²) in [6.45, 7) is 0.112. The Labute approximate surface area is 172 Å². The Balaban J connectivity index is 1.51. The number of fused-ring (bicyclic) bond motifs is 3. The molecule has 0 spiro atoms. The van der Waals surface area contributed by atoms with Crippen LogP contribution in [0.1, 0.15) is 23.2 Å². The molecule has 7 nitrogen and oxygen atoms in total. The van der Waals surface area contributed by atoms with E-state index in [4.69, 9.17) is 21.1 Å². The molecule has 4 rings (SSSR count). The molecule has 0 radical (unpaired) electrons. The van der Waals surface area contributed by atoms with Crippen molar-refractivity contribution in [2.24, 2.45) is 0 Å². The van der Waals surface area contributed by atoms with Crippen LogP contribution in [-0.4, -0.2) is 48.6 Å². The summed E-state index contributed by atoms with van der Waals surface area (Å²) in [6, 6.07) is 13.6. The van der Waals surface area contributed by atoms with E-state index in [0.717, 1.165) is 0 Å². The van der Waals surface area contributed by atoms with Gasteiger partial charge in [0.15, 0.2) is 0 Å². The van der Waals surface area contributed by atoms with Gasteiger partial charge in [-0.2, -0.15) is 0 Å². The number of likely N-dealkylation sites (N-methyl/N-ethyl adjacent to an activating group) is 1. The standard InChI is InChI=1S/C21H19ClN2O5/c1-23-19(26)16-4-2-3-5-17(16)24-18(25)10-11-21(23,24)20(27)29-13-12-28-15-8-6-14(22)7-9-15/h2-9H,10-13H2,1H3/t21-/m1/s1. The second-order valence-corrected chi connectivity index (χ2v) is 7.30. The van der Waals surface area contributed by atoms with E-state index >= 15 is 0 Å². The lowest BCUT2D eigenvalue weighted by Crippen LogP contribution is -2.67. The van der Waals surface area contributed by atoms with E-state index in [-0.39, 0.29) is 37.9 Å². The predicted molar refractivity (Wildman–Crippen MR) is 106 cm³/mol. The topological polar surface area (TPSA) is 76.2 Å². The number of hydrogen-bond acceptors (Lipinski definition) is 5. The summed E-state index contributed by atoms with van der Waals surface area (Å²) >= 11 is 5.84. The first kappa shape index (κ1) is 19.3. The molecular formula is C21H19ClN2O5. The molecule has 2 amide bonds. The van der Waals surface area contributed by atoms with Crippen molar-refractivity contribution in [2.45, 2.75) is 18.5 Å². The monoisotopic (exact) mass is 414 g/mol. The number of nitrogens with zero attached hydrogens (tertiary/aromatic N) is 2. The van der Waals surface area contributed by atoms with E-state index in [1.54, 1.807) is 48.5 Å². The number of rotatable bonds is 5. The maximum atomic E-state index is 13.1. The van der Waals surface area contributed by atoms with Crippen LogP contribution >= 0.6 is 11.6 Å². The molecule has 150 valence electrons.